The van der Waals surface area contributed by atoms with Gasteiger partial charge in [-0.25, -0.2) is 0 Å². The van der Waals surface area contributed by atoms with E-state index >= 15 is 0 Å². The summed E-state index contributed by atoms with van der Waals surface area (Å²) in [5.41, 5.74) is 2.08. The zero-order valence-corrected chi connectivity index (χ0v) is 25.2. The standard InChI is InChI=1S/2C12H11NS2.2BrH.Cu/c2*1-14-12-7-3-2-6-11(12)13-9-10-5-4-8-15-10;;;/h2*2-9H,1H3;2*1H;/q;;;;+2/p-2. The van der Waals surface area contributed by atoms with E-state index in [2.05, 4.69) is 57.5 Å². The van der Waals surface area contributed by atoms with Crippen molar-refractivity contribution in [2.24, 2.45) is 9.98 Å². The van der Waals surface area contributed by atoms with E-state index in [0.29, 0.717) is 0 Å². The fourth-order valence-corrected chi connectivity index (χ4v) is 4.73. The Hall–Kier alpha value is -0.641. The van der Waals surface area contributed by atoms with E-state index in [1.54, 1.807) is 46.2 Å². The number of aliphatic imine (C=N–C) groups is 2. The molecule has 177 valence electrons. The Balaban J connectivity index is 0.000000569. The molecule has 33 heavy (non-hydrogen) atoms. The number of rotatable bonds is 6. The van der Waals surface area contributed by atoms with Gasteiger partial charge in [0.05, 0.1) is 11.4 Å². The monoisotopic (exact) mass is 687 g/mol. The quantitative estimate of drug-likeness (QED) is 0.177. The molecule has 2 heterocycles. The summed E-state index contributed by atoms with van der Waals surface area (Å²) in [4.78, 5) is 13.8. The molecule has 9 heteroatoms. The number of halogens is 2. The Bertz CT molecular complexity index is 998. The summed E-state index contributed by atoms with van der Waals surface area (Å²) in [5, 5.41) is 4.11. The van der Waals surface area contributed by atoms with Gasteiger partial charge in [-0.3, -0.25) is 9.98 Å². The molecular formula is C24H22Br2CuN2S4. The van der Waals surface area contributed by atoms with Gasteiger partial charge < -0.3 is 34.0 Å². The van der Waals surface area contributed by atoms with E-state index < -0.39 is 0 Å². The first kappa shape index (κ1) is 32.4. The fraction of sp³-hybridized carbons (Fsp3) is 0.0833. The maximum absolute atomic E-state index is 4.48. The third-order valence-electron chi connectivity index (χ3n) is 3.92. The molecular weight excluding hydrogens is 668 g/mol. The minimum atomic E-state index is 0. The van der Waals surface area contributed by atoms with Gasteiger partial charge in [-0.1, -0.05) is 36.4 Å². The fourth-order valence-electron chi connectivity index (χ4n) is 2.47. The first-order valence-electron chi connectivity index (χ1n) is 9.21. The second-order valence-corrected chi connectivity index (χ2v) is 9.55. The van der Waals surface area contributed by atoms with Crippen LogP contribution in [0, 0.1) is 0 Å². The molecule has 1 radical (unpaired) electrons. The number of thiophene rings is 2. The van der Waals surface area contributed by atoms with Crippen molar-refractivity contribution >= 4 is 70.0 Å². The van der Waals surface area contributed by atoms with Crippen LogP contribution in [0.3, 0.4) is 0 Å². The Morgan fingerprint density at radius 1 is 0.606 bits per heavy atom. The second-order valence-electron chi connectivity index (χ2n) is 5.89. The number of thioether (sulfide) groups is 2. The van der Waals surface area contributed by atoms with Gasteiger partial charge in [-0.2, -0.15) is 0 Å². The van der Waals surface area contributed by atoms with Crippen molar-refractivity contribution < 1.29 is 51.0 Å². The van der Waals surface area contributed by atoms with Gasteiger partial charge in [0.1, 0.15) is 0 Å². The first-order valence-corrected chi connectivity index (χ1v) is 13.4. The van der Waals surface area contributed by atoms with Gasteiger partial charge in [0.15, 0.2) is 0 Å². The number of benzene rings is 2. The van der Waals surface area contributed by atoms with Crippen LogP contribution >= 0.6 is 46.2 Å². The number of hydrogen-bond acceptors (Lipinski definition) is 6. The van der Waals surface area contributed by atoms with Crippen LogP contribution in [-0.4, -0.2) is 24.9 Å². The molecule has 0 fully saturated rings. The first-order chi connectivity index (χ1) is 14.8. The predicted molar refractivity (Wildman–Crippen MR) is 140 cm³/mol. The molecule has 0 bridgehead atoms. The van der Waals surface area contributed by atoms with Crippen molar-refractivity contribution in [3.63, 3.8) is 0 Å². The minimum absolute atomic E-state index is 0. The summed E-state index contributed by atoms with van der Waals surface area (Å²) in [6.45, 7) is 0. The summed E-state index contributed by atoms with van der Waals surface area (Å²) in [6, 6.07) is 24.6. The van der Waals surface area contributed by atoms with E-state index in [1.165, 1.54) is 19.5 Å². The molecule has 0 aliphatic carbocycles. The molecule has 0 saturated heterocycles. The van der Waals surface area contributed by atoms with Gasteiger partial charge in [0, 0.05) is 32.0 Å². The summed E-state index contributed by atoms with van der Waals surface area (Å²) in [6.07, 6.45) is 7.97. The van der Waals surface area contributed by atoms with Gasteiger partial charge in [0.25, 0.3) is 0 Å². The molecule has 0 N–H and O–H groups in total. The van der Waals surface area contributed by atoms with E-state index in [1.807, 2.05) is 61.0 Å². The molecule has 2 nitrogen and oxygen atoms in total. The van der Waals surface area contributed by atoms with Gasteiger partial charge >= 0.3 is 17.1 Å². The second kappa shape index (κ2) is 18.7. The summed E-state index contributed by atoms with van der Waals surface area (Å²) < 4.78 is 0. The molecule has 0 atom stereocenters. The van der Waals surface area contributed by atoms with Gasteiger partial charge in [-0.15, -0.1) is 46.2 Å². The van der Waals surface area contributed by atoms with Crippen molar-refractivity contribution in [2.75, 3.05) is 12.5 Å². The number of para-hydroxylation sites is 2. The predicted octanol–water partition coefficient (Wildman–Crippen LogP) is 2.45. The van der Waals surface area contributed by atoms with Crippen LogP contribution in [0.2, 0.25) is 0 Å². The van der Waals surface area contributed by atoms with E-state index in [-0.39, 0.29) is 51.0 Å². The molecule has 4 aromatic rings. The zero-order valence-electron chi connectivity index (χ0n) is 17.8. The Kier molecular flexibility index (Phi) is 18.3. The average Bonchev–Trinajstić information content (AvgIpc) is 3.51. The normalized spacial score (nSPS) is 10.0. The Labute approximate surface area is 244 Å². The summed E-state index contributed by atoms with van der Waals surface area (Å²) in [7, 11) is 0. The van der Waals surface area contributed by atoms with Crippen molar-refractivity contribution in [1.29, 1.82) is 0 Å². The molecule has 0 saturated carbocycles. The summed E-state index contributed by atoms with van der Waals surface area (Å²) in [5.74, 6) is 0. The number of nitrogens with zero attached hydrogens (tertiary/aromatic N) is 2. The Morgan fingerprint density at radius 3 is 1.33 bits per heavy atom. The topological polar surface area (TPSA) is 24.7 Å². The summed E-state index contributed by atoms with van der Waals surface area (Å²) >= 11 is 6.84. The zero-order chi connectivity index (χ0) is 21.0. The van der Waals surface area contributed by atoms with Crippen molar-refractivity contribution in [3.8, 4) is 0 Å². The third kappa shape index (κ3) is 11.1. The van der Waals surface area contributed by atoms with Gasteiger partial charge in [0.2, 0.25) is 0 Å². The van der Waals surface area contributed by atoms with Crippen LogP contribution in [-0.2, 0) is 17.1 Å². The van der Waals surface area contributed by atoms with Crippen LogP contribution in [0.25, 0.3) is 0 Å². The van der Waals surface area contributed by atoms with Crippen LogP contribution in [0.4, 0.5) is 11.4 Å². The largest absolute Gasteiger partial charge is 2.00 e. The molecule has 0 spiro atoms. The van der Waals surface area contributed by atoms with Crippen LogP contribution < -0.4 is 34.0 Å². The molecule has 2 aromatic carbocycles. The molecule has 0 unspecified atom stereocenters. The van der Waals surface area contributed by atoms with Crippen molar-refractivity contribution in [2.45, 2.75) is 9.79 Å². The van der Waals surface area contributed by atoms with Crippen molar-refractivity contribution in [3.05, 3.63) is 93.3 Å². The molecule has 0 aliphatic heterocycles. The maximum Gasteiger partial charge on any atom is 2.00 e. The average molecular weight is 690 g/mol. The minimum Gasteiger partial charge on any atom is -1.00 e. The van der Waals surface area contributed by atoms with Crippen LogP contribution in [0.5, 0.6) is 0 Å². The van der Waals surface area contributed by atoms with Gasteiger partial charge in [-0.05, 0) is 59.7 Å². The van der Waals surface area contributed by atoms with Crippen LogP contribution in [0.1, 0.15) is 9.75 Å². The molecule has 0 amide bonds. The van der Waals surface area contributed by atoms with Crippen LogP contribution in [0.15, 0.2) is 103 Å². The van der Waals surface area contributed by atoms with Crippen molar-refractivity contribution in [1.82, 2.24) is 0 Å². The molecule has 2 aromatic heterocycles. The van der Waals surface area contributed by atoms with E-state index in [9.17, 15) is 0 Å². The Morgan fingerprint density at radius 2 is 1.00 bits per heavy atom. The maximum atomic E-state index is 4.48. The smallest absolute Gasteiger partial charge is 1.00 e. The molecule has 0 aliphatic rings. The SMILES string of the molecule is CSc1ccccc1N=Cc1cccs1.CSc1ccccc1N=Cc1cccs1.[Br-].[Br-].[Cu+2]. The van der Waals surface area contributed by atoms with E-state index in [0.717, 1.165) is 11.4 Å². The third-order valence-corrected chi connectivity index (χ3v) is 7.10. The van der Waals surface area contributed by atoms with E-state index in [4.69, 9.17) is 0 Å². The molecule has 4 rings (SSSR count). The number of hydrogen-bond donors (Lipinski definition) is 0.